The van der Waals surface area contributed by atoms with E-state index in [0.717, 1.165) is 12.2 Å². The Labute approximate surface area is 54.9 Å². The first-order valence-electron chi connectivity index (χ1n) is 3.10. The molecule has 9 heavy (non-hydrogen) atoms. The van der Waals surface area contributed by atoms with Crippen LogP contribution < -0.4 is 0 Å². The standard InChI is InChI=1S/C7H10NO/c1-6(2)3-7-4-8-5-9-7/h4,6H,3H2,1-2H3. The summed E-state index contributed by atoms with van der Waals surface area (Å²) in [5.74, 6) is 1.55. The quantitative estimate of drug-likeness (QED) is 0.599. The Bertz CT molecular complexity index is 155. The zero-order valence-corrected chi connectivity index (χ0v) is 5.72. The van der Waals surface area contributed by atoms with Gasteiger partial charge in [0.25, 0.3) is 6.39 Å². The average molecular weight is 124 g/mol. The number of rotatable bonds is 2. The molecule has 0 bridgehead atoms. The Balaban J connectivity index is 2.48. The van der Waals surface area contributed by atoms with Gasteiger partial charge in [-0.1, -0.05) is 13.8 Å². The van der Waals surface area contributed by atoms with E-state index < -0.39 is 0 Å². The molecule has 1 radical (unpaired) electrons. The molecule has 2 nitrogen and oxygen atoms in total. The van der Waals surface area contributed by atoms with Gasteiger partial charge in [-0.3, -0.25) is 0 Å². The highest BCUT2D eigenvalue weighted by Gasteiger charge is 1.98. The van der Waals surface area contributed by atoms with E-state index in [4.69, 9.17) is 4.42 Å². The molecule has 0 saturated carbocycles. The van der Waals surface area contributed by atoms with Gasteiger partial charge < -0.3 is 4.42 Å². The summed E-state index contributed by atoms with van der Waals surface area (Å²) in [6, 6.07) is 0. The molecule has 0 fully saturated rings. The second-order valence-corrected chi connectivity index (χ2v) is 2.52. The molecule has 0 aliphatic carbocycles. The van der Waals surface area contributed by atoms with Crippen LogP contribution in [-0.2, 0) is 6.42 Å². The smallest absolute Gasteiger partial charge is 0.283 e. The minimum absolute atomic E-state index is 0.631. The van der Waals surface area contributed by atoms with Crippen molar-refractivity contribution < 1.29 is 4.42 Å². The van der Waals surface area contributed by atoms with Gasteiger partial charge in [0.05, 0.1) is 6.20 Å². The van der Waals surface area contributed by atoms with Crippen LogP contribution in [0.5, 0.6) is 0 Å². The van der Waals surface area contributed by atoms with Gasteiger partial charge >= 0.3 is 0 Å². The molecule has 0 aliphatic rings. The highest BCUT2D eigenvalue weighted by atomic mass is 16.3. The largest absolute Gasteiger partial charge is 0.438 e. The van der Waals surface area contributed by atoms with Crippen LogP contribution in [0.3, 0.4) is 0 Å². The highest BCUT2D eigenvalue weighted by Crippen LogP contribution is 2.04. The van der Waals surface area contributed by atoms with Gasteiger partial charge in [-0.05, 0) is 5.92 Å². The Morgan fingerprint density at radius 2 is 2.56 bits per heavy atom. The number of hydrogen-bond donors (Lipinski definition) is 0. The maximum absolute atomic E-state index is 4.91. The third kappa shape index (κ3) is 1.88. The van der Waals surface area contributed by atoms with Crippen molar-refractivity contribution in [1.29, 1.82) is 0 Å². The zero-order valence-electron chi connectivity index (χ0n) is 5.72. The van der Waals surface area contributed by atoms with Gasteiger partial charge in [0.15, 0.2) is 0 Å². The Hall–Kier alpha value is -0.790. The van der Waals surface area contributed by atoms with Crippen molar-refractivity contribution in [1.82, 2.24) is 4.98 Å². The van der Waals surface area contributed by atoms with Crippen LogP contribution in [0, 0.1) is 12.3 Å². The van der Waals surface area contributed by atoms with Gasteiger partial charge in [0.2, 0.25) is 0 Å². The van der Waals surface area contributed by atoms with E-state index in [1.54, 1.807) is 6.20 Å². The SMILES string of the molecule is CC(C)Cc1cn[c]o1. The van der Waals surface area contributed by atoms with Crippen molar-refractivity contribution in [3.63, 3.8) is 0 Å². The third-order valence-electron chi connectivity index (χ3n) is 1.05. The summed E-state index contributed by atoms with van der Waals surface area (Å²) < 4.78 is 4.91. The molecule has 0 aliphatic heterocycles. The van der Waals surface area contributed by atoms with Gasteiger partial charge in [-0.25, -0.2) is 4.98 Å². The molecule has 0 unspecified atom stereocenters. The molecule has 1 aromatic rings. The van der Waals surface area contributed by atoms with Crippen molar-refractivity contribution in [3.8, 4) is 0 Å². The van der Waals surface area contributed by atoms with Crippen molar-refractivity contribution in [2.24, 2.45) is 5.92 Å². The van der Waals surface area contributed by atoms with Crippen LogP contribution in [0.15, 0.2) is 10.6 Å². The summed E-state index contributed by atoms with van der Waals surface area (Å²) >= 11 is 0. The monoisotopic (exact) mass is 124 g/mol. The van der Waals surface area contributed by atoms with Crippen molar-refractivity contribution in [2.45, 2.75) is 20.3 Å². The fourth-order valence-electron chi connectivity index (χ4n) is 0.706. The van der Waals surface area contributed by atoms with E-state index >= 15 is 0 Å². The third-order valence-corrected chi connectivity index (χ3v) is 1.05. The summed E-state index contributed by atoms with van der Waals surface area (Å²) in [6.07, 6.45) is 5.07. The van der Waals surface area contributed by atoms with E-state index in [0.29, 0.717) is 5.92 Å². The maximum Gasteiger partial charge on any atom is 0.283 e. The topological polar surface area (TPSA) is 26.0 Å². The number of oxazole rings is 1. The molecule has 1 rings (SSSR count). The molecular formula is C7H10NO. The first kappa shape index (κ1) is 6.33. The molecule has 0 saturated heterocycles. The molecule has 2 heteroatoms. The van der Waals surface area contributed by atoms with E-state index in [-0.39, 0.29) is 0 Å². The van der Waals surface area contributed by atoms with Crippen LogP contribution >= 0.6 is 0 Å². The highest BCUT2D eigenvalue weighted by molar-refractivity contribution is 4.88. The molecule has 1 heterocycles. The molecule has 0 N–H and O–H groups in total. The number of aromatic nitrogens is 1. The van der Waals surface area contributed by atoms with Crippen LogP contribution in [-0.4, -0.2) is 4.98 Å². The van der Waals surface area contributed by atoms with Crippen LogP contribution in [0.1, 0.15) is 19.6 Å². The summed E-state index contributed by atoms with van der Waals surface area (Å²) in [6.45, 7) is 4.28. The average Bonchev–Trinajstić information content (AvgIpc) is 2.15. The number of hydrogen-bond acceptors (Lipinski definition) is 2. The summed E-state index contributed by atoms with van der Waals surface area (Å²) in [4.78, 5) is 3.68. The van der Waals surface area contributed by atoms with E-state index in [1.165, 1.54) is 0 Å². The number of nitrogens with zero attached hydrogens (tertiary/aromatic N) is 1. The first-order valence-corrected chi connectivity index (χ1v) is 3.10. The Kier molecular flexibility index (Phi) is 1.88. The summed E-state index contributed by atoms with van der Waals surface area (Å²) in [5, 5.41) is 0. The zero-order chi connectivity index (χ0) is 6.69. The van der Waals surface area contributed by atoms with E-state index in [9.17, 15) is 0 Å². The predicted molar refractivity (Wildman–Crippen MR) is 33.9 cm³/mol. The molecule has 0 aromatic carbocycles. The molecule has 0 amide bonds. The second kappa shape index (κ2) is 2.67. The minimum atomic E-state index is 0.631. The molecule has 0 spiro atoms. The minimum Gasteiger partial charge on any atom is -0.438 e. The fourth-order valence-corrected chi connectivity index (χ4v) is 0.706. The Morgan fingerprint density at radius 3 is 3.00 bits per heavy atom. The summed E-state index contributed by atoms with van der Waals surface area (Å²) in [7, 11) is 0. The lowest BCUT2D eigenvalue weighted by atomic mass is 10.1. The van der Waals surface area contributed by atoms with Gasteiger partial charge in [-0.2, -0.15) is 0 Å². The summed E-state index contributed by atoms with van der Waals surface area (Å²) in [5.41, 5.74) is 0. The van der Waals surface area contributed by atoms with Crippen LogP contribution in [0.2, 0.25) is 0 Å². The Morgan fingerprint density at radius 1 is 1.78 bits per heavy atom. The second-order valence-electron chi connectivity index (χ2n) is 2.52. The lowest BCUT2D eigenvalue weighted by molar-refractivity contribution is 0.463. The first-order chi connectivity index (χ1) is 4.29. The molecular weight excluding hydrogens is 114 g/mol. The normalized spacial score (nSPS) is 10.6. The lowest BCUT2D eigenvalue weighted by Crippen LogP contribution is -1.90. The van der Waals surface area contributed by atoms with Gasteiger partial charge in [0.1, 0.15) is 5.76 Å². The lowest BCUT2D eigenvalue weighted by Gasteiger charge is -1.96. The van der Waals surface area contributed by atoms with Gasteiger partial charge in [0, 0.05) is 6.42 Å². The predicted octanol–water partition coefficient (Wildman–Crippen LogP) is 1.67. The fraction of sp³-hybridized carbons (Fsp3) is 0.571. The van der Waals surface area contributed by atoms with Crippen LogP contribution in [0.4, 0.5) is 0 Å². The molecule has 1 aromatic heterocycles. The van der Waals surface area contributed by atoms with E-state index in [1.807, 2.05) is 0 Å². The van der Waals surface area contributed by atoms with Crippen molar-refractivity contribution >= 4 is 0 Å². The van der Waals surface area contributed by atoms with E-state index in [2.05, 4.69) is 25.2 Å². The van der Waals surface area contributed by atoms with Gasteiger partial charge in [-0.15, -0.1) is 0 Å². The molecule has 49 valence electrons. The maximum atomic E-state index is 4.91. The van der Waals surface area contributed by atoms with Crippen LogP contribution in [0.25, 0.3) is 0 Å². The van der Waals surface area contributed by atoms with Crippen molar-refractivity contribution in [3.05, 3.63) is 18.4 Å². The molecule has 0 atom stereocenters. The van der Waals surface area contributed by atoms with Crippen molar-refractivity contribution in [2.75, 3.05) is 0 Å².